The van der Waals surface area contributed by atoms with Crippen molar-refractivity contribution < 1.29 is 9.59 Å². The molecule has 0 saturated carbocycles. The summed E-state index contributed by atoms with van der Waals surface area (Å²) < 4.78 is 0. The molecule has 2 aromatic heterocycles. The van der Waals surface area contributed by atoms with E-state index in [2.05, 4.69) is 25.5 Å². The molecule has 2 atom stereocenters. The van der Waals surface area contributed by atoms with Crippen LogP contribution in [0.1, 0.15) is 24.5 Å². The lowest BCUT2D eigenvalue weighted by Gasteiger charge is -2.23. The van der Waals surface area contributed by atoms with Gasteiger partial charge in [-0.05, 0) is 36.6 Å². The van der Waals surface area contributed by atoms with Crippen LogP contribution < -0.4 is 10.6 Å². The Morgan fingerprint density at radius 2 is 1.85 bits per heavy atom. The number of hydrogen-bond acceptors (Lipinski definition) is 5. The highest BCUT2D eigenvalue weighted by Gasteiger charge is 2.37. The SMILES string of the molecule is CCNC(=O)[C@@H]1C[C@H](NC(=O)Cc2cccnc2)CN1Cc1cccnc1. The summed E-state index contributed by atoms with van der Waals surface area (Å²) in [5, 5.41) is 5.97. The van der Waals surface area contributed by atoms with Gasteiger partial charge in [-0.25, -0.2) is 0 Å². The maximum atomic E-state index is 12.5. The molecule has 27 heavy (non-hydrogen) atoms. The molecule has 1 saturated heterocycles. The normalized spacial score (nSPS) is 19.6. The second kappa shape index (κ2) is 9.23. The Kier molecular flexibility index (Phi) is 6.49. The first-order chi connectivity index (χ1) is 13.2. The number of aromatic nitrogens is 2. The molecule has 2 N–H and O–H groups in total. The summed E-state index contributed by atoms with van der Waals surface area (Å²) >= 11 is 0. The number of nitrogens with zero attached hydrogens (tertiary/aromatic N) is 3. The van der Waals surface area contributed by atoms with E-state index in [0.29, 0.717) is 32.5 Å². The van der Waals surface area contributed by atoms with E-state index in [0.717, 1.165) is 11.1 Å². The fourth-order valence-corrected chi connectivity index (χ4v) is 3.44. The smallest absolute Gasteiger partial charge is 0.237 e. The van der Waals surface area contributed by atoms with Crippen LogP contribution in [0.2, 0.25) is 0 Å². The van der Waals surface area contributed by atoms with E-state index >= 15 is 0 Å². The summed E-state index contributed by atoms with van der Waals surface area (Å²) in [6.45, 7) is 3.76. The van der Waals surface area contributed by atoms with Gasteiger partial charge in [0.15, 0.2) is 0 Å². The van der Waals surface area contributed by atoms with Crippen molar-refractivity contribution in [1.82, 2.24) is 25.5 Å². The van der Waals surface area contributed by atoms with Gasteiger partial charge in [0.05, 0.1) is 12.5 Å². The summed E-state index contributed by atoms with van der Waals surface area (Å²) in [7, 11) is 0. The molecule has 0 spiro atoms. The van der Waals surface area contributed by atoms with Crippen LogP contribution in [0.25, 0.3) is 0 Å². The molecule has 1 aliphatic rings. The van der Waals surface area contributed by atoms with Crippen LogP contribution in [0, 0.1) is 0 Å². The molecule has 3 rings (SSSR count). The molecule has 2 amide bonds. The lowest BCUT2D eigenvalue weighted by molar-refractivity contribution is -0.125. The predicted octanol–water partition coefficient (Wildman–Crippen LogP) is 0.915. The number of rotatable bonds is 7. The molecule has 0 aliphatic carbocycles. The minimum atomic E-state index is -0.256. The second-order valence-corrected chi connectivity index (χ2v) is 6.74. The first-order valence-electron chi connectivity index (χ1n) is 9.24. The van der Waals surface area contributed by atoms with Crippen molar-refractivity contribution in [3.63, 3.8) is 0 Å². The number of pyridine rings is 2. The molecule has 142 valence electrons. The zero-order chi connectivity index (χ0) is 19.1. The fourth-order valence-electron chi connectivity index (χ4n) is 3.44. The van der Waals surface area contributed by atoms with Gasteiger partial charge in [0.25, 0.3) is 0 Å². The van der Waals surface area contributed by atoms with Gasteiger partial charge in [-0.1, -0.05) is 12.1 Å². The highest BCUT2D eigenvalue weighted by atomic mass is 16.2. The largest absolute Gasteiger partial charge is 0.355 e. The molecule has 7 heteroatoms. The lowest BCUT2D eigenvalue weighted by atomic mass is 10.1. The van der Waals surface area contributed by atoms with Crippen LogP contribution >= 0.6 is 0 Å². The lowest BCUT2D eigenvalue weighted by Crippen LogP contribution is -2.42. The Labute approximate surface area is 159 Å². The van der Waals surface area contributed by atoms with Crippen LogP contribution in [0.3, 0.4) is 0 Å². The van der Waals surface area contributed by atoms with Crippen LogP contribution in [-0.4, -0.2) is 51.9 Å². The van der Waals surface area contributed by atoms with Gasteiger partial charge in [-0.3, -0.25) is 24.5 Å². The maximum Gasteiger partial charge on any atom is 0.237 e. The zero-order valence-corrected chi connectivity index (χ0v) is 15.5. The maximum absolute atomic E-state index is 12.5. The van der Waals surface area contributed by atoms with Crippen LogP contribution in [0.15, 0.2) is 49.1 Å². The van der Waals surface area contributed by atoms with Gasteiger partial charge in [-0.2, -0.15) is 0 Å². The van der Waals surface area contributed by atoms with E-state index in [-0.39, 0.29) is 23.9 Å². The third kappa shape index (κ3) is 5.34. The molecule has 0 bridgehead atoms. The highest BCUT2D eigenvalue weighted by Crippen LogP contribution is 2.21. The van der Waals surface area contributed by atoms with E-state index in [1.165, 1.54) is 0 Å². The number of carbonyl (C=O) groups excluding carboxylic acids is 2. The molecule has 1 aliphatic heterocycles. The van der Waals surface area contributed by atoms with Crippen molar-refractivity contribution in [2.45, 2.75) is 38.4 Å². The summed E-state index contributed by atoms with van der Waals surface area (Å²) in [6.07, 6.45) is 7.81. The number of carbonyl (C=O) groups is 2. The van der Waals surface area contributed by atoms with Gasteiger partial charge in [-0.15, -0.1) is 0 Å². The van der Waals surface area contributed by atoms with Gasteiger partial charge in [0.2, 0.25) is 11.8 Å². The van der Waals surface area contributed by atoms with Gasteiger partial charge in [0, 0.05) is 50.5 Å². The molecule has 7 nitrogen and oxygen atoms in total. The molecular weight excluding hydrogens is 342 g/mol. The van der Waals surface area contributed by atoms with Crippen LogP contribution in [0.4, 0.5) is 0 Å². The Morgan fingerprint density at radius 1 is 1.15 bits per heavy atom. The quantitative estimate of drug-likeness (QED) is 0.760. The highest BCUT2D eigenvalue weighted by molar-refractivity contribution is 5.83. The Hall–Kier alpha value is -2.80. The van der Waals surface area contributed by atoms with Gasteiger partial charge < -0.3 is 10.6 Å². The Bertz CT molecular complexity index is 753. The molecule has 3 heterocycles. The van der Waals surface area contributed by atoms with Crippen molar-refractivity contribution in [2.24, 2.45) is 0 Å². The first kappa shape index (κ1) is 19.0. The number of hydrogen-bond donors (Lipinski definition) is 2. The summed E-state index contributed by atoms with van der Waals surface area (Å²) in [6, 6.07) is 7.27. The molecule has 1 fully saturated rings. The second-order valence-electron chi connectivity index (χ2n) is 6.74. The van der Waals surface area contributed by atoms with E-state index in [1.54, 1.807) is 18.6 Å². The van der Waals surface area contributed by atoms with E-state index < -0.39 is 0 Å². The number of amides is 2. The van der Waals surface area contributed by atoms with E-state index in [1.807, 2.05) is 37.4 Å². The number of nitrogens with one attached hydrogen (secondary N) is 2. The Balaban J connectivity index is 1.63. The molecule has 0 aromatic carbocycles. The summed E-state index contributed by atoms with van der Waals surface area (Å²) in [5.74, 6) is -0.0451. The van der Waals surface area contributed by atoms with Crippen LogP contribution in [-0.2, 0) is 22.6 Å². The van der Waals surface area contributed by atoms with Crippen molar-refractivity contribution in [2.75, 3.05) is 13.1 Å². The Morgan fingerprint density at radius 3 is 2.48 bits per heavy atom. The standard InChI is InChI=1S/C20H25N5O2/c1-2-23-20(27)18-10-17(14-25(18)13-16-6-4-8-22-12-16)24-19(26)9-15-5-3-7-21-11-15/h3-8,11-12,17-18H,2,9-10,13-14H2,1H3,(H,23,27)(H,24,26)/t17-,18-/m0/s1. The third-order valence-electron chi connectivity index (χ3n) is 4.62. The van der Waals surface area contributed by atoms with E-state index in [9.17, 15) is 9.59 Å². The average Bonchev–Trinajstić information content (AvgIpc) is 3.05. The number of likely N-dealkylation sites (tertiary alicyclic amines) is 1. The monoisotopic (exact) mass is 367 g/mol. The minimum absolute atomic E-state index is 0.00500. The van der Waals surface area contributed by atoms with Crippen molar-refractivity contribution >= 4 is 11.8 Å². The number of likely N-dealkylation sites (N-methyl/N-ethyl adjacent to an activating group) is 1. The third-order valence-corrected chi connectivity index (χ3v) is 4.62. The van der Waals surface area contributed by atoms with Crippen molar-refractivity contribution in [1.29, 1.82) is 0 Å². The molecule has 2 aromatic rings. The first-order valence-corrected chi connectivity index (χ1v) is 9.24. The molecule has 0 unspecified atom stereocenters. The molecular formula is C20H25N5O2. The summed E-state index contributed by atoms with van der Waals surface area (Å²) in [4.78, 5) is 35.1. The van der Waals surface area contributed by atoms with Crippen molar-refractivity contribution in [3.05, 3.63) is 60.2 Å². The van der Waals surface area contributed by atoms with Gasteiger partial charge in [0.1, 0.15) is 0 Å². The zero-order valence-electron chi connectivity index (χ0n) is 15.5. The van der Waals surface area contributed by atoms with Crippen LogP contribution in [0.5, 0.6) is 0 Å². The fraction of sp³-hybridized carbons (Fsp3) is 0.400. The van der Waals surface area contributed by atoms with E-state index in [4.69, 9.17) is 0 Å². The van der Waals surface area contributed by atoms with Crippen molar-refractivity contribution in [3.8, 4) is 0 Å². The molecule has 0 radical (unpaired) electrons. The minimum Gasteiger partial charge on any atom is -0.355 e. The van der Waals surface area contributed by atoms with Gasteiger partial charge >= 0.3 is 0 Å². The topological polar surface area (TPSA) is 87.2 Å². The average molecular weight is 367 g/mol. The summed E-state index contributed by atoms with van der Waals surface area (Å²) in [5.41, 5.74) is 1.93. The predicted molar refractivity (Wildman–Crippen MR) is 102 cm³/mol.